The Bertz CT molecular complexity index is 385. The van der Waals surface area contributed by atoms with Gasteiger partial charge in [0.2, 0.25) is 0 Å². The molecule has 0 aromatic rings. The van der Waals surface area contributed by atoms with E-state index < -0.39 is 43.3 Å². The number of hydrogen-bond acceptors (Lipinski definition) is 7. The first-order valence-electron chi connectivity index (χ1n) is 5.61. The lowest BCUT2D eigenvalue weighted by atomic mass is 10.4. The third-order valence-corrected chi connectivity index (χ3v) is 3.56. The Morgan fingerprint density at radius 3 is 1.00 bits per heavy atom. The molecule has 0 spiro atoms. The van der Waals surface area contributed by atoms with Crippen molar-refractivity contribution < 1.29 is 56.6 Å². The molecule has 0 aliphatic heterocycles. The van der Waals surface area contributed by atoms with E-state index in [1.54, 1.807) is 0 Å². The minimum absolute atomic E-state index is 0.0971. The number of hydrogen-bond donors (Lipinski definition) is 6. The molecule has 0 saturated carbocycles. The van der Waals surface area contributed by atoms with Crippen LogP contribution in [0.5, 0.6) is 0 Å². The van der Waals surface area contributed by atoms with Gasteiger partial charge in [-0.2, -0.15) is 0 Å². The van der Waals surface area contributed by atoms with E-state index in [2.05, 4.69) is 13.6 Å². The average Bonchev–Trinajstić information content (AvgIpc) is 2.23. The number of rotatable bonds is 12. The van der Waals surface area contributed by atoms with Crippen molar-refractivity contribution in [2.24, 2.45) is 0 Å². The summed E-state index contributed by atoms with van der Waals surface area (Å²) in [6.07, 6.45) is 0. The highest BCUT2D eigenvalue weighted by Crippen LogP contribution is 2.37. The van der Waals surface area contributed by atoms with Crippen molar-refractivity contribution in [3.63, 3.8) is 0 Å². The van der Waals surface area contributed by atoms with E-state index in [1.165, 1.54) is 4.90 Å². The molecule has 0 aromatic carbocycles. The van der Waals surface area contributed by atoms with Gasteiger partial charge in [0, 0.05) is 19.6 Å². The minimum Gasteiger partial charge on any atom is -0.303 e. The topological polar surface area (TPSA) is 204 Å². The lowest BCUT2D eigenvalue weighted by Crippen LogP contribution is -2.33. The fraction of sp³-hybridized carbons (Fsp3) is 1.00. The van der Waals surface area contributed by atoms with Gasteiger partial charge in [0.15, 0.2) is 0 Å². The maximum Gasteiger partial charge on any atom is 0.469 e. The molecule has 6 N–H and O–H groups in total. The van der Waals surface area contributed by atoms with Gasteiger partial charge in [0.05, 0.1) is 19.8 Å². The van der Waals surface area contributed by atoms with E-state index in [0.29, 0.717) is 0 Å². The minimum atomic E-state index is -4.67. The van der Waals surface area contributed by atoms with Gasteiger partial charge in [-0.05, 0) is 0 Å². The van der Waals surface area contributed by atoms with Crippen molar-refractivity contribution >= 4 is 23.5 Å². The van der Waals surface area contributed by atoms with E-state index in [1.807, 2.05) is 0 Å². The highest BCUT2D eigenvalue weighted by molar-refractivity contribution is 7.46. The van der Waals surface area contributed by atoms with Crippen LogP contribution in [-0.4, -0.2) is 73.7 Å². The quantitative estimate of drug-likeness (QED) is 0.213. The van der Waals surface area contributed by atoms with Gasteiger partial charge in [-0.25, -0.2) is 13.7 Å². The second-order valence-corrected chi connectivity index (χ2v) is 7.53. The maximum absolute atomic E-state index is 10.5. The third-order valence-electron chi connectivity index (χ3n) is 2.00. The molecule has 0 radical (unpaired) electrons. The molecule has 0 fully saturated rings. The Kier molecular flexibility index (Phi) is 9.68. The number of phosphoric ester groups is 3. The zero-order valence-electron chi connectivity index (χ0n) is 11.2. The van der Waals surface area contributed by atoms with Crippen LogP contribution in [0.25, 0.3) is 0 Å². The summed E-state index contributed by atoms with van der Waals surface area (Å²) >= 11 is 0. The van der Waals surface area contributed by atoms with Crippen LogP contribution in [0.1, 0.15) is 0 Å². The zero-order valence-corrected chi connectivity index (χ0v) is 13.8. The van der Waals surface area contributed by atoms with Crippen LogP contribution in [0, 0.1) is 0 Å². The molecule has 0 saturated heterocycles. The molecule has 0 amide bonds. The Hall–Kier alpha value is 0.290. The van der Waals surface area contributed by atoms with E-state index >= 15 is 0 Å². The molecular weight excluding hydrogens is 371 g/mol. The molecule has 0 bridgehead atoms. The Morgan fingerprint density at radius 2 is 0.818 bits per heavy atom. The summed E-state index contributed by atoms with van der Waals surface area (Å²) in [6.45, 7) is -1.55. The summed E-state index contributed by atoms with van der Waals surface area (Å²) < 4.78 is 44.1. The van der Waals surface area contributed by atoms with Crippen LogP contribution in [0.3, 0.4) is 0 Å². The second kappa shape index (κ2) is 9.55. The van der Waals surface area contributed by atoms with Gasteiger partial charge in [-0.1, -0.05) is 0 Å². The molecule has 13 nitrogen and oxygen atoms in total. The van der Waals surface area contributed by atoms with E-state index in [9.17, 15) is 13.7 Å². The molecule has 0 aromatic heterocycles. The van der Waals surface area contributed by atoms with Crippen molar-refractivity contribution in [1.29, 1.82) is 0 Å². The molecule has 0 unspecified atom stereocenters. The molecule has 0 heterocycles. The smallest absolute Gasteiger partial charge is 0.303 e. The molecule has 0 aliphatic rings. The van der Waals surface area contributed by atoms with Crippen molar-refractivity contribution in [3.05, 3.63) is 0 Å². The van der Waals surface area contributed by atoms with Crippen LogP contribution in [0.2, 0.25) is 0 Å². The molecule has 22 heavy (non-hydrogen) atoms. The van der Waals surface area contributed by atoms with Crippen molar-refractivity contribution in [1.82, 2.24) is 4.90 Å². The molecular formula is C6H18NO12P3. The van der Waals surface area contributed by atoms with Crippen molar-refractivity contribution in [2.45, 2.75) is 0 Å². The van der Waals surface area contributed by atoms with Gasteiger partial charge >= 0.3 is 23.5 Å². The molecule has 16 heteroatoms. The predicted octanol–water partition coefficient (Wildman–Crippen LogP) is -1.38. The van der Waals surface area contributed by atoms with E-state index in [-0.39, 0.29) is 19.6 Å². The maximum atomic E-state index is 10.5. The Labute approximate surface area is 125 Å². The zero-order chi connectivity index (χ0) is 17.4. The summed E-state index contributed by atoms with van der Waals surface area (Å²) in [7, 11) is -14.0. The summed E-state index contributed by atoms with van der Waals surface area (Å²) in [6, 6.07) is 0. The van der Waals surface area contributed by atoms with Crippen LogP contribution < -0.4 is 0 Å². The summed E-state index contributed by atoms with van der Waals surface area (Å²) in [5, 5.41) is 0. The molecule has 0 aliphatic carbocycles. The van der Waals surface area contributed by atoms with Gasteiger partial charge in [0.1, 0.15) is 0 Å². The summed E-state index contributed by atoms with van der Waals surface area (Å²) in [5.74, 6) is 0. The largest absolute Gasteiger partial charge is 0.469 e. The first-order chi connectivity index (χ1) is 9.79. The summed E-state index contributed by atoms with van der Waals surface area (Å²) in [5.41, 5.74) is 0. The molecule has 134 valence electrons. The SMILES string of the molecule is O=P(O)(O)OCCN(CCOP(=O)(O)O)CCOP(=O)(O)O. The average molecular weight is 389 g/mol. The number of phosphoric acid groups is 3. The van der Waals surface area contributed by atoms with E-state index in [0.717, 1.165) is 0 Å². The normalized spacial score (nSPS) is 13.8. The summed E-state index contributed by atoms with van der Waals surface area (Å²) in [4.78, 5) is 52.4. The van der Waals surface area contributed by atoms with Gasteiger partial charge in [0.25, 0.3) is 0 Å². The van der Waals surface area contributed by atoms with Crippen LogP contribution in [0.4, 0.5) is 0 Å². The fourth-order valence-corrected chi connectivity index (χ4v) is 2.16. The number of nitrogens with zero attached hydrogens (tertiary/aromatic N) is 1. The highest BCUT2D eigenvalue weighted by Gasteiger charge is 2.18. The lowest BCUT2D eigenvalue weighted by molar-refractivity contribution is 0.116. The monoisotopic (exact) mass is 389 g/mol. The van der Waals surface area contributed by atoms with Crippen LogP contribution in [-0.2, 0) is 27.3 Å². The second-order valence-electron chi connectivity index (χ2n) is 3.81. The standard InChI is InChI=1S/C6H18NO12P3/c8-20(9,10)17-4-1-7(2-5-18-21(11,12)13)3-6-19-22(14,15)16/h1-6H2,(H2,8,9,10)(H2,11,12,13)(H2,14,15,16). The highest BCUT2D eigenvalue weighted by atomic mass is 31.2. The first kappa shape index (κ1) is 22.3. The van der Waals surface area contributed by atoms with Crippen molar-refractivity contribution in [2.75, 3.05) is 39.5 Å². The van der Waals surface area contributed by atoms with Crippen LogP contribution >= 0.6 is 23.5 Å². The van der Waals surface area contributed by atoms with Crippen LogP contribution in [0.15, 0.2) is 0 Å². The predicted molar refractivity (Wildman–Crippen MR) is 70.4 cm³/mol. The Morgan fingerprint density at radius 1 is 0.591 bits per heavy atom. The van der Waals surface area contributed by atoms with Gasteiger partial charge < -0.3 is 29.4 Å². The molecule has 0 rings (SSSR count). The van der Waals surface area contributed by atoms with Crippen molar-refractivity contribution in [3.8, 4) is 0 Å². The Balaban J connectivity index is 4.27. The lowest BCUT2D eigenvalue weighted by Gasteiger charge is -2.22. The van der Waals surface area contributed by atoms with Gasteiger partial charge in [-0.3, -0.25) is 18.5 Å². The van der Waals surface area contributed by atoms with E-state index in [4.69, 9.17) is 29.4 Å². The first-order valence-corrected chi connectivity index (χ1v) is 10.2. The fourth-order valence-electron chi connectivity index (χ4n) is 1.20. The third kappa shape index (κ3) is 16.7. The molecule has 0 atom stereocenters. The van der Waals surface area contributed by atoms with Gasteiger partial charge in [-0.15, -0.1) is 0 Å².